The van der Waals surface area contributed by atoms with Gasteiger partial charge in [0.1, 0.15) is 0 Å². The molecule has 18 heavy (non-hydrogen) atoms. The monoisotopic (exact) mass is 260 g/mol. The van der Waals surface area contributed by atoms with Gasteiger partial charge in [-0.05, 0) is 36.6 Å². The molecule has 0 aliphatic carbocycles. The molecule has 5 heteroatoms. The summed E-state index contributed by atoms with van der Waals surface area (Å²) in [6.07, 6.45) is 3.01. The van der Waals surface area contributed by atoms with Gasteiger partial charge in [-0.2, -0.15) is 0 Å². The number of benzene rings is 1. The first-order valence-electron chi connectivity index (χ1n) is 5.32. The molecule has 1 aromatic heterocycles. The number of carbonyl (C=O) groups is 1. The summed E-state index contributed by atoms with van der Waals surface area (Å²) < 4.78 is 5.01. The first-order valence-corrected chi connectivity index (χ1v) is 6.54. The summed E-state index contributed by atoms with van der Waals surface area (Å²) in [6, 6.07) is 12.6. The average Bonchev–Trinajstić information content (AvgIpc) is 2.40. The fourth-order valence-electron chi connectivity index (χ4n) is 1.32. The third-order valence-corrected chi connectivity index (χ3v) is 2.92. The van der Waals surface area contributed by atoms with Gasteiger partial charge >= 0.3 is 6.09 Å². The summed E-state index contributed by atoms with van der Waals surface area (Å²) in [4.78, 5) is 16.6. The number of pyridine rings is 1. The molecule has 0 aliphatic heterocycles. The van der Waals surface area contributed by atoms with Gasteiger partial charge in [0.25, 0.3) is 0 Å². The quantitative estimate of drug-likeness (QED) is 0.859. The highest BCUT2D eigenvalue weighted by Crippen LogP contribution is 2.17. The molecule has 0 radical (unpaired) electrons. The molecule has 1 N–H and O–H groups in total. The smallest absolute Gasteiger partial charge is 0.391 e. The molecule has 0 spiro atoms. The summed E-state index contributed by atoms with van der Waals surface area (Å²) in [5.41, 5.74) is 0.689. The zero-order valence-corrected chi connectivity index (χ0v) is 10.6. The van der Waals surface area contributed by atoms with E-state index in [1.165, 1.54) is 0 Å². The van der Waals surface area contributed by atoms with Crippen molar-refractivity contribution in [3.63, 3.8) is 0 Å². The van der Waals surface area contributed by atoms with Gasteiger partial charge in [0, 0.05) is 22.8 Å². The van der Waals surface area contributed by atoms with E-state index in [2.05, 4.69) is 10.3 Å². The summed E-state index contributed by atoms with van der Waals surface area (Å²) in [7, 11) is 0. The largest absolute Gasteiger partial charge is 0.418 e. The van der Waals surface area contributed by atoms with Crippen molar-refractivity contribution in [1.82, 2.24) is 4.98 Å². The summed E-state index contributed by atoms with van der Waals surface area (Å²) in [6.45, 7) is 0. The Morgan fingerprint density at radius 3 is 2.61 bits per heavy atom. The van der Waals surface area contributed by atoms with Crippen molar-refractivity contribution in [3.05, 3.63) is 48.7 Å². The molecule has 92 valence electrons. The molecule has 0 atom stereocenters. The lowest BCUT2D eigenvalue weighted by atomic mass is 10.3. The van der Waals surface area contributed by atoms with Crippen molar-refractivity contribution in [2.45, 2.75) is 4.90 Å². The van der Waals surface area contributed by atoms with Crippen molar-refractivity contribution in [2.75, 3.05) is 11.6 Å². The fraction of sp³-hybridized carbons (Fsp3) is 0.0769. The molecule has 4 nitrogen and oxygen atoms in total. The molecule has 0 unspecified atom stereocenters. The third-order valence-electron chi connectivity index (χ3n) is 2.17. The summed E-state index contributed by atoms with van der Waals surface area (Å²) >= 11 is 1.65. The number of hydrogen-bond acceptors (Lipinski definition) is 4. The second kappa shape index (κ2) is 6.07. The van der Waals surface area contributed by atoms with Gasteiger partial charge in [0.15, 0.2) is 0 Å². The van der Waals surface area contributed by atoms with Crippen LogP contribution in [0, 0.1) is 0 Å². The second-order valence-electron chi connectivity index (χ2n) is 3.41. The number of carbonyl (C=O) groups excluding carboxylic acids is 1. The fourth-order valence-corrected chi connectivity index (χ4v) is 1.73. The molecule has 0 bridgehead atoms. The van der Waals surface area contributed by atoms with Gasteiger partial charge < -0.3 is 4.74 Å². The molecule has 1 amide bonds. The predicted molar refractivity (Wildman–Crippen MR) is 72.1 cm³/mol. The summed E-state index contributed by atoms with van der Waals surface area (Å²) in [5, 5.41) is 2.63. The van der Waals surface area contributed by atoms with Crippen LogP contribution in [0.4, 0.5) is 10.5 Å². The maximum Gasteiger partial charge on any atom is 0.418 e. The predicted octanol–water partition coefficient (Wildman–Crippen LogP) is 3.41. The number of ether oxygens (including phenoxy) is 1. The molecule has 1 aromatic carbocycles. The van der Waals surface area contributed by atoms with Gasteiger partial charge in [-0.25, -0.2) is 9.78 Å². The molecule has 0 saturated carbocycles. The lowest BCUT2D eigenvalue weighted by Crippen LogP contribution is -2.17. The van der Waals surface area contributed by atoms with Crippen LogP contribution in [0.15, 0.2) is 53.6 Å². The van der Waals surface area contributed by atoms with Gasteiger partial charge in [0.05, 0.1) is 0 Å². The van der Waals surface area contributed by atoms with Crippen LogP contribution in [0.25, 0.3) is 0 Å². The van der Waals surface area contributed by atoms with E-state index in [0.29, 0.717) is 5.69 Å². The first-order chi connectivity index (χ1) is 8.78. The maximum absolute atomic E-state index is 11.6. The Balaban J connectivity index is 1.94. The Labute approximate surface area is 109 Å². The lowest BCUT2D eigenvalue weighted by Gasteiger charge is -2.06. The van der Waals surface area contributed by atoms with Crippen molar-refractivity contribution in [1.29, 1.82) is 0 Å². The Morgan fingerprint density at radius 1 is 1.22 bits per heavy atom. The van der Waals surface area contributed by atoms with Gasteiger partial charge in [-0.15, -0.1) is 11.8 Å². The maximum atomic E-state index is 11.6. The molecule has 1 heterocycles. The summed E-state index contributed by atoms with van der Waals surface area (Å²) in [5.74, 6) is 0.274. The van der Waals surface area contributed by atoms with E-state index in [9.17, 15) is 4.79 Å². The number of thioether (sulfide) groups is 1. The van der Waals surface area contributed by atoms with Gasteiger partial charge in [0.2, 0.25) is 5.88 Å². The molecular formula is C13H12N2O2S. The van der Waals surface area contributed by atoms with Crippen molar-refractivity contribution >= 4 is 23.5 Å². The van der Waals surface area contributed by atoms with Crippen LogP contribution < -0.4 is 10.1 Å². The number of anilines is 1. The zero-order chi connectivity index (χ0) is 12.8. The van der Waals surface area contributed by atoms with E-state index in [0.717, 1.165) is 4.90 Å². The van der Waals surface area contributed by atoms with Gasteiger partial charge in [-0.1, -0.05) is 6.07 Å². The molecule has 0 saturated heterocycles. The Kier molecular flexibility index (Phi) is 4.20. The van der Waals surface area contributed by atoms with Crippen LogP contribution in [0.2, 0.25) is 0 Å². The van der Waals surface area contributed by atoms with Crippen LogP contribution in [0.1, 0.15) is 0 Å². The minimum absolute atomic E-state index is 0.274. The topological polar surface area (TPSA) is 51.2 Å². The number of aromatic nitrogens is 1. The van der Waals surface area contributed by atoms with Crippen LogP contribution in [-0.2, 0) is 0 Å². The number of nitrogens with zero attached hydrogens (tertiary/aromatic N) is 1. The Bertz CT molecular complexity index is 514. The van der Waals surface area contributed by atoms with E-state index >= 15 is 0 Å². The standard InChI is InChI=1S/C13H12N2O2S/c1-18-11-7-5-10(6-8-11)15-13(16)17-12-4-2-3-9-14-12/h2-9H,1H3,(H,15,16). The van der Waals surface area contributed by atoms with Crippen molar-refractivity contribution in [2.24, 2.45) is 0 Å². The molecular weight excluding hydrogens is 248 g/mol. The minimum atomic E-state index is -0.550. The van der Waals surface area contributed by atoms with Crippen LogP contribution in [0.5, 0.6) is 5.88 Å². The minimum Gasteiger partial charge on any atom is -0.391 e. The van der Waals surface area contributed by atoms with E-state index in [-0.39, 0.29) is 5.88 Å². The SMILES string of the molecule is CSc1ccc(NC(=O)Oc2ccccn2)cc1. The molecule has 2 rings (SSSR count). The van der Waals surface area contributed by atoms with E-state index in [1.54, 1.807) is 36.2 Å². The normalized spacial score (nSPS) is 9.83. The highest BCUT2D eigenvalue weighted by atomic mass is 32.2. The van der Waals surface area contributed by atoms with E-state index < -0.39 is 6.09 Å². The molecule has 0 fully saturated rings. The van der Waals surface area contributed by atoms with Crippen LogP contribution in [-0.4, -0.2) is 17.3 Å². The van der Waals surface area contributed by atoms with Crippen molar-refractivity contribution in [3.8, 4) is 5.88 Å². The highest BCUT2D eigenvalue weighted by molar-refractivity contribution is 7.98. The number of amides is 1. The number of nitrogens with one attached hydrogen (secondary N) is 1. The number of rotatable bonds is 3. The molecule has 2 aromatic rings. The van der Waals surface area contributed by atoms with Crippen LogP contribution in [0.3, 0.4) is 0 Å². The van der Waals surface area contributed by atoms with Crippen molar-refractivity contribution < 1.29 is 9.53 Å². The first kappa shape index (κ1) is 12.4. The molecule has 0 aliphatic rings. The van der Waals surface area contributed by atoms with E-state index in [1.807, 2.05) is 30.5 Å². The Morgan fingerprint density at radius 2 is 2.00 bits per heavy atom. The van der Waals surface area contributed by atoms with Crippen LogP contribution >= 0.6 is 11.8 Å². The van der Waals surface area contributed by atoms with E-state index in [4.69, 9.17) is 4.74 Å². The zero-order valence-electron chi connectivity index (χ0n) is 9.79. The highest BCUT2D eigenvalue weighted by Gasteiger charge is 2.05. The lowest BCUT2D eigenvalue weighted by molar-refractivity contribution is 0.213. The van der Waals surface area contributed by atoms with Gasteiger partial charge in [-0.3, -0.25) is 5.32 Å². The third kappa shape index (κ3) is 3.49. The number of hydrogen-bond donors (Lipinski definition) is 1. The average molecular weight is 260 g/mol. The second-order valence-corrected chi connectivity index (χ2v) is 4.29. The Hall–Kier alpha value is -2.01.